The molecule has 5 nitrogen and oxygen atoms in total. The van der Waals surface area contributed by atoms with E-state index in [2.05, 4.69) is 6.92 Å². The molecule has 0 saturated heterocycles. The van der Waals surface area contributed by atoms with Crippen LogP contribution in [0.25, 0.3) is 0 Å². The fraction of sp³-hybridized carbons (Fsp3) is 0.700. The number of carbonyl (C=O) groups is 1. The van der Waals surface area contributed by atoms with Crippen molar-refractivity contribution in [3.63, 3.8) is 0 Å². The Morgan fingerprint density at radius 2 is 1.60 bits per heavy atom. The van der Waals surface area contributed by atoms with Gasteiger partial charge in [0, 0.05) is 6.42 Å². The summed E-state index contributed by atoms with van der Waals surface area (Å²) < 4.78 is 0. The molecule has 0 aromatic carbocycles. The van der Waals surface area contributed by atoms with Crippen LogP contribution in [-0.2, 0) is 4.79 Å². The Labute approximate surface area is 90.9 Å². The van der Waals surface area contributed by atoms with E-state index in [0.717, 1.165) is 12.8 Å². The molecule has 0 aliphatic heterocycles. The highest BCUT2D eigenvalue weighted by atomic mass is 16.4. The van der Waals surface area contributed by atoms with Gasteiger partial charge < -0.3 is 11.3 Å². The van der Waals surface area contributed by atoms with Gasteiger partial charge in [0.05, 0.1) is 0 Å². The standard InChI is InChI=1S/C8H16O2.C2N2.H3N/c1-2-3-4-5-6-7-8(9)10;3-1-2-4;/h2-7H2,1H3,(H,9,10);;1H3. The fourth-order valence-electron chi connectivity index (χ4n) is 0.880. The highest BCUT2D eigenvalue weighted by Crippen LogP contribution is 2.04. The van der Waals surface area contributed by atoms with Crippen molar-refractivity contribution in [2.75, 3.05) is 0 Å². The molecular weight excluding hydrogens is 194 g/mol. The Kier molecular flexibility index (Phi) is 23.2. The Balaban J connectivity index is -0.000000249. The minimum absolute atomic E-state index is 0. The van der Waals surface area contributed by atoms with Gasteiger partial charge in [0.15, 0.2) is 12.1 Å². The van der Waals surface area contributed by atoms with Gasteiger partial charge in [0.1, 0.15) is 0 Å². The Morgan fingerprint density at radius 1 is 1.13 bits per heavy atom. The Morgan fingerprint density at radius 3 is 1.93 bits per heavy atom. The minimum Gasteiger partial charge on any atom is -0.481 e. The molecule has 15 heavy (non-hydrogen) atoms. The zero-order valence-corrected chi connectivity index (χ0v) is 9.20. The molecule has 0 atom stereocenters. The van der Waals surface area contributed by atoms with E-state index in [4.69, 9.17) is 15.6 Å². The van der Waals surface area contributed by atoms with Crippen LogP contribution in [0.5, 0.6) is 0 Å². The summed E-state index contributed by atoms with van der Waals surface area (Å²) in [6.07, 6.45) is 5.88. The summed E-state index contributed by atoms with van der Waals surface area (Å²) in [7, 11) is 0. The van der Waals surface area contributed by atoms with Gasteiger partial charge in [-0.1, -0.05) is 32.6 Å². The molecule has 0 heterocycles. The molecular formula is C10H19N3O2. The van der Waals surface area contributed by atoms with Crippen molar-refractivity contribution in [2.24, 2.45) is 0 Å². The van der Waals surface area contributed by atoms with Gasteiger partial charge in [-0.25, -0.2) is 0 Å². The van der Waals surface area contributed by atoms with Gasteiger partial charge in [-0.2, -0.15) is 10.5 Å². The highest BCUT2D eigenvalue weighted by Gasteiger charge is 1.94. The van der Waals surface area contributed by atoms with Gasteiger partial charge in [0.25, 0.3) is 0 Å². The zero-order valence-electron chi connectivity index (χ0n) is 9.20. The lowest BCUT2D eigenvalue weighted by Gasteiger charge is -1.95. The maximum atomic E-state index is 10.0. The number of unbranched alkanes of at least 4 members (excludes halogenated alkanes) is 4. The van der Waals surface area contributed by atoms with Crippen molar-refractivity contribution in [2.45, 2.75) is 45.4 Å². The van der Waals surface area contributed by atoms with Gasteiger partial charge in [0.2, 0.25) is 0 Å². The number of carboxylic acids is 1. The van der Waals surface area contributed by atoms with Crippen LogP contribution >= 0.6 is 0 Å². The molecule has 0 aliphatic rings. The predicted octanol–water partition coefficient (Wildman–Crippen LogP) is 2.63. The first-order chi connectivity index (χ1) is 6.68. The zero-order chi connectivity index (χ0) is 11.2. The molecule has 86 valence electrons. The smallest absolute Gasteiger partial charge is 0.303 e. The van der Waals surface area contributed by atoms with Gasteiger partial charge in [-0.15, -0.1) is 0 Å². The molecule has 0 unspecified atom stereocenters. The third kappa shape index (κ3) is 32.7. The number of carboxylic acid groups (broad SMARTS) is 1. The lowest BCUT2D eigenvalue weighted by Crippen LogP contribution is -1.93. The predicted molar refractivity (Wildman–Crippen MR) is 57.3 cm³/mol. The lowest BCUT2D eigenvalue weighted by atomic mass is 10.1. The number of hydrogen-bond acceptors (Lipinski definition) is 4. The largest absolute Gasteiger partial charge is 0.481 e. The van der Waals surface area contributed by atoms with E-state index in [-0.39, 0.29) is 6.15 Å². The van der Waals surface area contributed by atoms with Crippen molar-refractivity contribution in [1.82, 2.24) is 6.15 Å². The highest BCUT2D eigenvalue weighted by molar-refractivity contribution is 5.66. The first-order valence-corrected chi connectivity index (χ1v) is 4.69. The van der Waals surface area contributed by atoms with E-state index in [9.17, 15) is 4.79 Å². The van der Waals surface area contributed by atoms with E-state index in [1.165, 1.54) is 31.4 Å². The van der Waals surface area contributed by atoms with Crippen molar-refractivity contribution < 1.29 is 9.90 Å². The monoisotopic (exact) mass is 213 g/mol. The van der Waals surface area contributed by atoms with Crippen LogP contribution in [0.3, 0.4) is 0 Å². The van der Waals surface area contributed by atoms with Crippen molar-refractivity contribution >= 4 is 5.97 Å². The van der Waals surface area contributed by atoms with Crippen molar-refractivity contribution in [3.8, 4) is 12.1 Å². The summed E-state index contributed by atoms with van der Waals surface area (Å²) in [4.78, 5) is 10.0. The maximum absolute atomic E-state index is 10.0. The van der Waals surface area contributed by atoms with Crippen LogP contribution < -0.4 is 6.15 Å². The van der Waals surface area contributed by atoms with E-state index in [1.54, 1.807) is 0 Å². The topological polar surface area (TPSA) is 120 Å². The number of aliphatic carboxylic acids is 1. The SMILES string of the molecule is CCCCCCCC(=O)O.N.N#CC#N. The maximum Gasteiger partial charge on any atom is 0.303 e. The van der Waals surface area contributed by atoms with Crippen LogP contribution in [0.2, 0.25) is 0 Å². The van der Waals surface area contributed by atoms with Crippen LogP contribution in [0.4, 0.5) is 0 Å². The Hall–Kier alpha value is -1.59. The molecule has 0 radical (unpaired) electrons. The van der Waals surface area contributed by atoms with Gasteiger partial charge in [-0.3, -0.25) is 4.79 Å². The quantitative estimate of drug-likeness (QED) is 0.657. The number of hydrogen-bond donors (Lipinski definition) is 2. The molecule has 0 aromatic heterocycles. The second kappa shape index (κ2) is 18.2. The first kappa shape index (κ1) is 19.1. The number of nitrogens with zero attached hydrogens (tertiary/aromatic N) is 2. The van der Waals surface area contributed by atoms with Crippen LogP contribution in [0.15, 0.2) is 0 Å². The third-order valence-electron chi connectivity index (χ3n) is 1.54. The lowest BCUT2D eigenvalue weighted by molar-refractivity contribution is -0.137. The normalized spacial score (nSPS) is 7.13. The molecule has 0 aliphatic carbocycles. The summed E-state index contributed by atoms with van der Waals surface area (Å²) in [5, 5.41) is 22.8. The van der Waals surface area contributed by atoms with E-state index < -0.39 is 5.97 Å². The second-order valence-electron chi connectivity index (χ2n) is 2.78. The molecule has 0 rings (SSSR count). The van der Waals surface area contributed by atoms with Gasteiger partial charge >= 0.3 is 5.97 Å². The molecule has 0 saturated carbocycles. The molecule has 0 amide bonds. The molecule has 0 bridgehead atoms. The number of rotatable bonds is 6. The molecule has 5 heteroatoms. The fourth-order valence-corrected chi connectivity index (χ4v) is 0.880. The van der Waals surface area contributed by atoms with Gasteiger partial charge in [-0.05, 0) is 6.42 Å². The van der Waals surface area contributed by atoms with E-state index in [1.807, 2.05) is 0 Å². The second-order valence-corrected chi connectivity index (χ2v) is 2.78. The van der Waals surface area contributed by atoms with E-state index >= 15 is 0 Å². The summed E-state index contributed by atoms with van der Waals surface area (Å²) in [5.41, 5.74) is 0. The summed E-state index contributed by atoms with van der Waals surface area (Å²) >= 11 is 0. The summed E-state index contributed by atoms with van der Waals surface area (Å²) in [5.74, 6) is -0.670. The molecule has 4 N–H and O–H groups in total. The molecule has 0 aromatic rings. The minimum atomic E-state index is -0.670. The van der Waals surface area contributed by atoms with E-state index in [0.29, 0.717) is 6.42 Å². The molecule has 0 fully saturated rings. The van der Waals surface area contributed by atoms with Crippen molar-refractivity contribution in [1.29, 1.82) is 10.5 Å². The number of nitriles is 2. The first-order valence-electron chi connectivity index (χ1n) is 4.69. The summed E-state index contributed by atoms with van der Waals surface area (Å²) in [6.45, 7) is 2.15. The third-order valence-corrected chi connectivity index (χ3v) is 1.54. The Bertz CT molecular complexity index is 204. The van der Waals surface area contributed by atoms with Crippen LogP contribution in [0.1, 0.15) is 45.4 Å². The average Bonchev–Trinajstić information content (AvgIpc) is 2.18. The molecule has 0 spiro atoms. The average molecular weight is 213 g/mol. The van der Waals surface area contributed by atoms with Crippen molar-refractivity contribution in [3.05, 3.63) is 0 Å². The van der Waals surface area contributed by atoms with Crippen LogP contribution in [0, 0.1) is 22.7 Å². The van der Waals surface area contributed by atoms with Crippen LogP contribution in [-0.4, -0.2) is 11.1 Å². The summed E-state index contributed by atoms with van der Waals surface area (Å²) in [6, 6.07) is 2.47.